The Labute approximate surface area is 52.0 Å². The van der Waals surface area contributed by atoms with Gasteiger partial charge in [0.2, 0.25) is 5.88 Å². The normalized spacial score (nSPS) is 9.00. The van der Waals surface area contributed by atoms with Crippen molar-refractivity contribution in [3.8, 4) is 5.88 Å². The Kier molecular flexibility index (Phi) is 1.48. The molecular formula is C5H6N2O2. The molecule has 4 nitrogen and oxygen atoms in total. The van der Waals surface area contributed by atoms with Crippen LogP contribution >= 0.6 is 0 Å². The number of rotatable bonds is 2. The molecule has 48 valence electrons. The molecule has 0 fully saturated rings. The van der Waals surface area contributed by atoms with Crippen molar-refractivity contribution in [3.63, 3.8) is 0 Å². The van der Waals surface area contributed by atoms with Gasteiger partial charge in [0.05, 0.1) is 0 Å². The van der Waals surface area contributed by atoms with Gasteiger partial charge in [-0.3, -0.25) is 9.48 Å². The number of hydrogen-bond donors (Lipinski definition) is 0. The lowest BCUT2D eigenvalue weighted by Gasteiger charge is -1.86. The van der Waals surface area contributed by atoms with Crippen LogP contribution in [0.1, 0.15) is 0 Å². The van der Waals surface area contributed by atoms with Gasteiger partial charge in [0.1, 0.15) is 0 Å². The van der Waals surface area contributed by atoms with E-state index in [4.69, 9.17) is 0 Å². The van der Waals surface area contributed by atoms with Crippen LogP contribution in [-0.4, -0.2) is 16.3 Å². The van der Waals surface area contributed by atoms with Crippen LogP contribution in [-0.2, 0) is 11.8 Å². The zero-order valence-electron chi connectivity index (χ0n) is 4.94. The Balaban J connectivity index is 2.72. The van der Waals surface area contributed by atoms with E-state index in [2.05, 4.69) is 9.84 Å². The summed E-state index contributed by atoms with van der Waals surface area (Å²) in [6, 6.07) is 1.61. The molecule has 0 saturated heterocycles. The lowest BCUT2D eigenvalue weighted by molar-refractivity contribution is -0.120. The molecule has 0 aliphatic carbocycles. The number of ether oxygens (including phenoxy) is 1. The minimum atomic E-state index is 0.326. The minimum Gasteiger partial charge on any atom is -0.408 e. The first-order valence-corrected chi connectivity index (χ1v) is 2.43. The first kappa shape index (κ1) is 5.81. The lowest BCUT2D eigenvalue weighted by Crippen LogP contribution is -1.91. The summed E-state index contributed by atoms with van der Waals surface area (Å²) >= 11 is 0. The molecule has 0 saturated carbocycles. The molecule has 1 heterocycles. The average molecular weight is 126 g/mol. The van der Waals surface area contributed by atoms with Crippen LogP contribution in [0, 0.1) is 0 Å². The number of nitrogens with zero attached hydrogens (tertiary/aromatic N) is 2. The van der Waals surface area contributed by atoms with Gasteiger partial charge in [0, 0.05) is 19.3 Å². The second-order valence-corrected chi connectivity index (χ2v) is 1.54. The molecule has 0 N–H and O–H groups in total. The van der Waals surface area contributed by atoms with Crippen LogP contribution in [0.2, 0.25) is 0 Å². The van der Waals surface area contributed by atoms with Crippen LogP contribution in [0.3, 0.4) is 0 Å². The fourth-order valence-electron chi connectivity index (χ4n) is 0.506. The molecule has 0 atom stereocenters. The molecule has 0 aliphatic heterocycles. The van der Waals surface area contributed by atoms with E-state index in [9.17, 15) is 4.79 Å². The Morgan fingerprint density at radius 2 is 2.67 bits per heavy atom. The van der Waals surface area contributed by atoms with Gasteiger partial charge in [-0.2, -0.15) is 0 Å². The van der Waals surface area contributed by atoms with Gasteiger partial charge in [0.25, 0.3) is 6.47 Å². The van der Waals surface area contributed by atoms with E-state index in [0.717, 1.165) is 0 Å². The number of aromatic nitrogens is 2. The largest absolute Gasteiger partial charge is 0.408 e. The maximum atomic E-state index is 9.71. The third kappa shape index (κ3) is 1.28. The topological polar surface area (TPSA) is 44.1 Å². The van der Waals surface area contributed by atoms with E-state index < -0.39 is 0 Å². The second-order valence-electron chi connectivity index (χ2n) is 1.54. The summed E-state index contributed by atoms with van der Waals surface area (Å²) in [5.41, 5.74) is 0. The maximum absolute atomic E-state index is 9.71. The van der Waals surface area contributed by atoms with E-state index in [1.54, 1.807) is 24.0 Å². The maximum Gasteiger partial charge on any atom is 0.299 e. The molecule has 0 aromatic carbocycles. The zero-order valence-corrected chi connectivity index (χ0v) is 4.94. The summed E-state index contributed by atoms with van der Waals surface area (Å²) < 4.78 is 5.97. The summed E-state index contributed by atoms with van der Waals surface area (Å²) in [6.45, 7) is 0.350. The fraction of sp³-hybridized carbons (Fsp3) is 0.200. The van der Waals surface area contributed by atoms with Crippen LogP contribution in [0.15, 0.2) is 12.3 Å². The number of hydrogen-bond acceptors (Lipinski definition) is 3. The monoisotopic (exact) mass is 126 g/mol. The molecule has 0 unspecified atom stereocenters. The smallest absolute Gasteiger partial charge is 0.299 e. The molecule has 1 rings (SSSR count). The predicted octanol–water partition coefficient (Wildman–Crippen LogP) is -0.0447. The van der Waals surface area contributed by atoms with Crippen molar-refractivity contribution in [3.05, 3.63) is 12.3 Å². The molecule has 9 heavy (non-hydrogen) atoms. The fourth-order valence-corrected chi connectivity index (χ4v) is 0.506. The Morgan fingerprint density at radius 3 is 3.11 bits per heavy atom. The molecular weight excluding hydrogens is 120 g/mol. The van der Waals surface area contributed by atoms with Crippen molar-refractivity contribution in [1.29, 1.82) is 0 Å². The van der Waals surface area contributed by atoms with Crippen LogP contribution in [0.5, 0.6) is 5.88 Å². The summed E-state index contributed by atoms with van der Waals surface area (Å²) in [4.78, 5) is 9.71. The number of aryl methyl sites for hydroxylation is 1. The van der Waals surface area contributed by atoms with E-state index in [1.165, 1.54) is 0 Å². The van der Waals surface area contributed by atoms with E-state index in [0.29, 0.717) is 12.4 Å². The van der Waals surface area contributed by atoms with Crippen molar-refractivity contribution in [1.82, 2.24) is 9.78 Å². The van der Waals surface area contributed by atoms with Gasteiger partial charge < -0.3 is 4.74 Å². The molecule has 1 aromatic heterocycles. The highest BCUT2D eigenvalue weighted by atomic mass is 16.5. The van der Waals surface area contributed by atoms with E-state index in [-0.39, 0.29) is 0 Å². The Morgan fingerprint density at radius 1 is 1.89 bits per heavy atom. The first-order valence-electron chi connectivity index (χ1n) is 2.43. The molecule has 0 bridgehead atoms. The quantitative estimate of drug-likeness (QED) is 0.522. The van der Waals surface area contributed by atoms with Gasteiger partial charge in [-0.05, 0) is 0 Å². The van der Waals surface area contributed by atoms with Gasteiger partial charge in [0.15, 0.2) is 0 Å². The van der Waals surface area contributed by atoms with Gasteiger partial charge in [-0.1, -0.05) is 0 Å². The van der Waals surface area contributed by atoms with Gasteiger partial charge in [-0.15, -0.1) is 5.10 Å². The molecule has 0 radical (unpaired) electrons. The number of carbonyl (C=O) groups is 1. The first-order chi connectivity index (χ1) is 4.33. The summed E-state index contributed by atoms with van der Waals surface area (Å²) in [7, 11) is 1.75. The van der Waals surface area contributed by atoms with Crippen molar-refractivity contribution < 1.29 is 9.53 Å². The third-order valence-corrected chi connectivity index (χ3v) is 0.858. The standard InChI is InChI=1S/C5H6N2O2/c1-7-3-2-5(6-7)9-4-8/h2-4H,1H3. The highest BCUT2D eigenvalue weighted by Crippen LogP contribution is 2.01. The summed E-state index contributed by atoms with van der Waals surface area (Å²) in [5.74, 6) is 0.326. The van der Waals surface area contributed by atoms with Crippen LogP contribution < -0.4 is 4.74 Å². The number of carbonyl (C=O) groups excluding carboxylic acids is 1. The lowest BCUT2D eigenvalue weighted by atomic mass is 10.7. The minimum absolute atomic E-state index is 0.326. The highest BCUT2D eigenvalue weighted by Gasteiger charge is 1.92. The van der Waals surface area contributed by atoms with Gasteiger partial charge >= 0.3 is 0 Å². The average Bonchev–Trinajstić information content (AvgIpc) is 2.17. The SMILES string of the molecule is Cn1ccc(OC=O)n1. The second kappa shape index (κ2) is 2.30. The van der Waals surface area contributed by atoms with Crippen molar-refractivity contribution in [2.75, 3.05) is 0 Å². The Bertz CT molecular complexity index is 206. The predicted molar refractivity (Wildman–Crippen MR) is 29.9 cm³/mol. The van der Waals surface area contributed by atoms with Crippen molar-refractivity contribution >= 4 is 6.47 Å². The summed E-state index contributed by atoms with van der Waals surface area (Å²) in [5, 5.41) is 3.76. The molecule has 4 heteroatoms. The van der Waals surface area contributed by atoms with Crippen LogP contribution in [0.25, 0.3) is 0 Å². The highest BCUT2D eigenvalue weighted by molar-refractivity contribution is 5.42. The molecule has 0 amide bonds. The molecule has 1 aromatic rings. The molecule has 0 spiro atoms. The van der Waals surface area contributed by atoms with Crippen molar-refractivity contribution in [2.24, 2.45) is 7.05 Å². The van der Waals surface area contributed by atoms with E-state index in [1.807, 2.05) is 0 Å². The Hall–Kier alpha value is -1.32. The van der Waals surface area contributed by atoms with E-state index >= 15 is 0 Å². The zero-order chi connectivity index (χ0) is 6.69. The van der Waals surface area contributed by atoms with Crippen LogP contribution in [0.4, 0.5) is 0 Å². The third-order valence-electron chi connectivity index (χ3n) is 0.858. The van der Waals surface area contributed by atoms with Gasteiger partial charge in [-0.25, -0.2) is 0 Å². The summed E-state index contributed by atoms with van der Waals surface area (Å²) in [6.07, 6.45) is 1.69. The van der Waals surface area contributed by atoms with Crippen molar-refractivity contribution in [2.45, 2.75) is 0 Å². The molecule has 0 aliphatic rings.